The van der Waals surface area contributed by atoms with E-state index in [-0.39, 0.29) is 24.0 Å². The second-order valence-electron chi connectivity index (χ2n) is 6.90. The van der Waals surface area contributed by atoms with E-state index in [9.17, 15) is 9.59 Å². The quantitative estimate of drug-likeness (QED) is 0.847. The lowest BCUT2D eigenvalue weighted by Crippen LogP contribution is -2.52. The van der Waals surface area contributed by atoms with Crippen LogP contribution in [0, 0.1) is 5.92 Å². The van der Waals surface area contributed by atoms with Crippen LogP contribution in [0.15, 0.2) is 28.7 Å². The Kier molecular flexibility index (Phi) is 4.85. The summed E-state index contributed by atoms with van der Waals surface area (Å²) in [6.07, 6.45) is 3.44. The lowest BCUT2D eigenvalue weighted by Gasteiger charge is -2.46. The third kappa shape index (κ3) is 3.43. The number of carbonyl (C=O) groups excluding carboxylic acids is 2. The van der Waals surface area contributed by atoms with Crippen LogP contribution >= 0.6 is 15.9 Å². The number of hydrogen-bond donors (Lipinski definition) is 1. The van der Waals surface area contributed by atoms with Crippen molar-refractivity contribution in [3.05, 3.63) is 34.3 Å². The van der Waals surface area contributed by atoms with Crippen LogP contribution < -0.4 is 5.73 Å². The van der Waals surface area contributed by atoms with Crippen molar-refractivity contribution in [2.45, 2.75) is 50.7 Å². The summed E-state index contributed by atoms with van der Waals surface area (Å²) in [5, 5.41) is 0. The van der Waals surface area contributed by atoms with Gasteiger partial charge in [0.2, 0.25) is 5.91 Å². The Labute approximate surface area is 150 Å². The molecule has 6 heteroatoms. The largest absolute Gasteiger partial charge is 0.443 e. The Hall–Kier alpha value is -1.56. The normalized spacial score (nSPS) is 28.5. The van der Waals surface area contributed by atoms with E-state index in [0.717, 1.165) is 29.3 Å². The molecule has 2 aliphatic rings. The molecule has 130 valence electrons. The molecule has 1 spiro atoms. The van der Waals surface area contributed by atoms with Gasteiger partial charge < -0.3 is 15.4 Å². The predicted molar refractivity (Wildman–Crippen MR) is 94.2 cm³/mol. The molecule has 2 amide bonds. The van der Waals surface area contributed by atoms with E-state index in [2.05, 4.69) is 15.9 Å². The van der Waals surface area contributed by atoms with Crippen LogP contribution in [0.1, 0.15) is 50.6 Å². The number of hydrogen-bond acceptors (Lipinski definition) is 3. The average Bonchev–Trinajstić information content (AvgIpc) is 2.55. The van der Waals surface area contributed by atoms with E-state index in [1.165, 1.54) is 0 Å². The van der Waals surface area contributed by atoms with Crippen molar-refractivity contribution in [1.29, 1.82) is 0 Å². The van der Waals surface area contributed by atoms with Gasteiger partial charge in [-0.25, -0.2) is 4.79 Å². The number of nitrogens with two attached hydrogens (primary N) is 1. The zero-order chi connectivity index (χ0) is 17.3. The summed E-state index contributed by atoms with van der Waals surface area (Å²) < 4.78 is 6.87. The molecule has 0 unspecified atom stereocenters. The minimum atomic E-state index is -0.404. The van der Waals surface area contributed by atoms with Gasteiger partial charge in [0, 0.05) is 23.4 Å². The lowest BCUT2D eigenvalue weighted by molar-refractivity contribution is -0.126. The summed E-state index contributed by atoms with van der Waals surface area (Å²) in [7, 11) is 0. The fourth-order valence-electron chi connectivity index (χ4n) is 3.76. The highest BCUT2D eigenvalue weighted by Crippen LogP contribution is 2.41. The smallest absolute Gasteiger partial charge is 0.410 e. The molecule has 2 fully saturated rings. The summed E-state index contributed by atoms with van der Waals surface area (Å²) in [6.45, 7) is 2.70. The maximum absolute atomic E-state index is 12.6. The number of primary amides is 1. The third-order valence-electron chi connectivity index (χ3n) is 5.47. The van der Waals surface area contributed by atoms with Crippen molar-refractivity contribution in [1.82, 2.24) is 4.90 Å². The summed E-state index contributed by atoms with van der Waals surface area (Å²) in [5.74, 6) is -0.313. The summed E-state index contributed by atoms with van der Waals surface area (Å²) >= 11 is 3.43. The highest BCUT2D eigenvalue weighted by molar-refractivity contribution is 9.10. The number of halogens is 1. The number of rotatable bonds is 3. The van der Waals surface area contributed by atoms with Gasteiger partial charge in [-0.15, -0.1) is 0 Å². The first kappa shape index (κ1) is 17.3. The Balaban J connectivity index is 1.64. The van der Waals surface area contributed by atoms with Gasteiger partial charge in [-0.05, 0) is 50.3 Å². The van der Waals surface area contributed by atoms with E-state index in [1.54, 1.807) is 4.90 Å². The zero-order valence-electron chi connectivity index (χ0n) is 13.8. The van der Waals surface area contributed by atoms with Crippen LogP contribution in [-0.2, 0) is 9.53 Å². The molecule has 2 N–H and O–H groups in total. The number of carbonyl (C=O) groups is 2. The molecule has 24 heavy (non-hydrogen) atoms. The van der Waals surface area contributed by atoms with E-state index in [1.807, 2.05) is 31.2 Å². The molecule has 1 saturated heterocycles. The Morgan fingerprint density at radius 3 is 2.46 bits per heavy atom. The van der Waals surface area contributed by atoms with Crippen LogP contribution in [0.2, 0.25) is 0 Å². The highest BCUT2D eigenvalue weighted by atomic mass is 79.9. The molecule has 1 saturated carbocycles. The molecule has 1 aromatic carbocycles. The number of ether oxygens (including phenoxy) is 1. The van der Waals surface area contributed by atoms with Gasteiger partial charge in [0.25, 0.3) is 0 Å². The number of nitrogens with zero attached hydrogens (tertiary/aromatic N) is 1. The fourth-order valence-corrected chi connectivity index (χ4v) is 4.03. The summed E-state index contributed by atoms with van der Waals surface area (Å²) in [4.78, 5) is 25.7. The molecule has 1 aliphatic carbocycles. The first-order chi connectivity index (χ1) is 11.4. The molecule has 0 radical (unpaired) electrons. The van der Waals surface area contributed by atoms with Crippen LogP contribution in [-0.4, -0.2) is 29.0 Å². The maximum atomic E-state index is 12.6. The van der Waals surface area contributed by atoms with Crippen LogP contribution in [0.25, 0.3) is 0 Å². The van der Waals surface area contributed by atoms with Gasteiger partial charge in [-0.2, -0.15) is 0 Å². The number of amides is 2. The van der Waals surface area contributed by atoms with Crippen molar-refractivity contribution in [3.8, 4) is 0 Å². The molecule has 1 atom stereocenters. The monoisotopic (exact) mass is 394 g/mol. The van der Waals surface area contributed by atoms with Gasteiger partial charge >= 0.3 is 6.09 Å². The minimum Gasteiger partial charge on any atom is -0.443 e. The van der Waals surface area contributed by atoms with Gasteiger partial charge in [-0.1, -0.05) is 28.1 Å². The molecule has 3 rings (SSSR count). The second-order valence-corrected chi connectivity index (χ2v) is 7.81. The van der Waals surface area contributed by atoms with Crippen molar-refractivity contribution in [2.75, 3.05) is 6.54 Å². The van der Waals surface area contributed by atoms with Gasteiger partial charge in [-0.3, -0.25) is 4.79 Å². The van der Waals surface area contributed by atoms with Crippen molar-refractivity contribution in [3.63, 3.8) is 0 Å². The molecular weight excluding hydrogens is 372 g/mol. The molecule has 1 aliphatic heterocycles. The Morgan fingerprint density at radius 1 is 1.29 bits per heavy atom. The standard InChI is InChI=1S/C18H23BrN2O3/c1-12(13-2-4-15(19)5-3-13)21-11-10-18(24-17(21)23)8-6-14(7-9-18)16(20)22/h2-5,12,14H,6-11H2,1H3,(H2,20,22)/t12-,14-,18-/m0/s1. The van der Waals surface area contributed by atoms with E-state index < -0.39 is 5.60 Å². The number of benzene rings is 1. The first-order valence-corrected chi connectivity index (χ1v) is 9.24. The van der Waals surface area contributed by atoms with Crippen molar-refractivity contribution >= 4 is 27.9 Å². The highest BCUT2D eigenvalue weighted by Gasteiger charge is 2.45. The topological polar surface area (TPSA) is 72.6 Å². The van der Waals surface area contributed by atoms with Gasteiger partial charge in [0.1, 0.15) is 5.60 Å². The molecule has 5 nitrogen and oxygen atoms in total. The van der Waals surface area contributed by atoms with E-state index in [4.69, 9.17) is 10.5 Å². The summed E-state index contributed by atoms with van der Waals surface area (Å²) in [5.41, 5.74) is 6.07. The molecule has 0 aromatic heterocycles. The van der Waals surface area contributed by atoms with Crippen molar-refractivity contribution in [2.24, 2.45) is 11.7 Å². The summed E-state index contributed by atoms with van der Waals surface area (Å²) in [6, 6.07) is 7.97. The Morgan fingerprint density at radius 2 is 1.92 bits per heavy atom. The molecule has 1 heterocycles. The fraction of sp³-hybridized carbons (Fsp3) is 0.556. The Bertz CT molecular complexity index is 624. The van der Waals surface area contributed by atoms with E-state index >= 15 is 0 Å². The van der Waals surface area contributed by atoms with Crippen LogP contribution in [0.3, 0.4) is 0 Å². The van der Waals surface area contributed by atoms with Crippen LogP contribution in [0.5, 0.6) is 0 Å². The predicted octanol–water partition coefficient (Wildman–Crippen LogP) is 3.77. The molecule has 1 aromatic rings. The molecular formula is C18H23BrN2O3. The second kappa shape index (κ2) is 6.75. The zero-order valence-corrected chi connectivity index (χ0v) is 15.4. The van der Waals surface area contributed by atoms with E-state index in [0.29, 0.717) is 19.4 Å². The first-order valence-electron chi connectivity index (χ1n) is 8.45. The third-order valence-corrected chi connectivity index (χ3v) is 5.99. The van der Waals surface area contributed by atoms with Crippen LogP contribution in [0.4, 0.5) is 4.79 Å². The van der Waals surface area contributed by atoms with Gasteiger partial charge in [0.05, 0.1) is 6.04 Å². The minimum absolute atomic E-state index is 0.0232. The van der Waals surface area contributed by atoms with Gasteiger partial charge in [0.15, 0.2) is 0 Å². The lowest BCUT2D eigenvalue weighted by atomic mass is 9.76. The molecule has 0 bridgehead atoms. The SMILES string of the molecule is C[C@@H](c1ccc(Br)cc1)N1CC[C@]2(CC[C@@H](C(N)=O)CC2)OC1=O. The van der Waals surface area contributed by atoms with Crippen molar-refractivity contribution < 1.29 is 14.3 Å². The maximum Gasteiger partial charge on any atom is 0.410 e. The average molecular weight is 395 g/mol.